The molecule has 1 aliphatic rings. The summed E-state index contributed by atoms with van der Waals surface area (Å²) < 4.78 is 5.32. The molecule has 1 heterocycles. The molecule has 158 valence electrons. The van der Waals surface area contributed by atoms with Gasteiger partial charge in [0.05, 0.1) is 13.2 Å². The lowest BCUT2D eigenvalue weighted by Crippen LogP contribution is -2.34. The van der Waals surface area contributed by atoms with Gasteiger partial charge in [-0.05, 0) is 49.1 Å². The SMILES string of the molecule is COc1cccc(N2CCC(CN=C(N)NC(C)c3ccc(Cl)cc3Cl)C2)c1.I. The van der Waals surface area contributed by atoms with Crippen LogP contribution in [0.3, 0.4) is 0 Å². The molecule has 8 heteroatoms. The van der Waals surface area contributed by atoms with Gasteiger partial charge in [0.1, 0.15) is 5.75 Å². The van der Waals surface area contributed by atoms with Crippen molar-refractivity contribution in [2.45, 2.75) is 19.4 Å². The summed E-state index contributed by atoms with van der Waals surface area (Å²) in [6, 6.07) is 13.6. The van der Waals surface area contributed by atoms with Crippen molar-refractivity contribution in [1.29, 1.82) is 0 Å². The Balaban J connectivity index is 0.00000300. The normalized spacial score (nSPS) is 17.6. The van der Waals surface area contributed by atoms with Crippen LogP contribution in [0, 0.1) is 5.92 Å². The molecule has 0 saturated carbocycles. The average Bonchev–Trinajstić information content (AvgIpc) is 3.15. The number of hydrogen-bond acceptors (Lipinski definition) is 3. The van der Waals surface area contributed by atoms with E-state index in [2.05, 4.69) is 27.3 Å². The number of rotatable bonds is 6. The summed E-state index contributed by atoms with van der Waals surface area (Å²) in [5.74, 6) is 1.78. The fourth-order valence-corrected chi connectivity index (χ4v) is 4.02. The van der Waals surface area contributed by atoms with E-state index in [9.17, 15) is 0 Å². The molecular formula is C21H27Cl2IN4O. The molecule has 1 aliphatic heterocycles. The van der Waals surface area contributed by atoms with Crippen molar-refractivity contribution in [2.75, 3.05) is 31.6 Å². The van der Waals surface area contributed by atoms with Crippen LogP contribution in [0.25, 0.3) is 0 Å². The number of ether oxygens (including phenoxy) is 1. The van der Waals surface area contributed by atoms with E-state index in [0.717, 1.165) is 30.8 Å². The Labute approximate surface area is 199 Å². The van der Waals surface area contributed by atoms with Crippen LogP contribution in [0.4, 0.5) is 5.69 Å². The predicted molar refractivity (Wildman–Crippen MR) is 133 cm³/mol. The van der Waals surface area contributed by atoms with Crippen LogP contribution in [-0.4, -0.2) is 32.7 Å². The highest BCUT2D eigenvalue weighted by Crippen LogP contribution is 2.28. The zero-order valence-electron chi connectivity index (χ0n) is 16.6. The number of anilines is 1. The Bertz CT molecular complexity index is 849. The minimum absolute atomic E-state index is 0. The van der Waals surface area contributed by atoms with Gasteiger partial charge in [0, 0.05) is 41.4 Å². The lowest BCUT2D eigenvalue weighted by atomic mass is 10.1. The van der Waals surface area contributed by atoms with E-state index in [1.54, 1.807) is 13.2 Å². The summed E-state index contributed by atoms with van der Waals surface area (Å²) in [6.45, 7) is 4.66. The highest BCUT2D eigenvalue weighted by Gasteiger charge is 2.23. The Hall–Kier alpha value is -1.38. The summed E-state index contributed by atoms with van der Waals surface area (Å²) in [5, 5.41) is 4.44. The minimum atomic E-state index is -0.0506. The van der Waals surface area contributed by atoms with Crippen LogP contribution in [0.1, 0.15) is 24.9 Å². The number of aliphatic imine (C=N–C) groups is 1. The zero-order valence-corrected chi connectivity index (χ0v) is 20.4. The van der Waals surface area contributed by atoms with Crippen molar-refractivity contribution < 1.29 is 4.74 Å². The third-order valence-electron chi connectivity index (χ3n) is 5.02. The molecule has 0 spiro atoms. The number of nitrogens with zero attached hydrogens (tertiary/aromatic N) is 2. The molecule has 0 amide bonds. The molecule has 2 unspecified atom stereocenters. The molecule has 3 rings (SSSR count). The van der Waals surface area contributed by atoms with Crippen LogP contribution in [0.5, 0.6) is 5.75 Å². The summed E-state index contributed by atoms with van der Waals surface area (Å²) in [5.41, 5.74) is 8.22. The maximum atomic E-state index is 6.26. The molecule has 5 nitrogen and oxygen atoms in total. The molecule has 1 saturated heterocycles. The summed E-state index contributed by atoms with van der Waals surface area (Å²) in [4.78, 5) is 6.91. The van der Waals surface area contributed by atoms with Gasteiger partial charge in [-0.2, -0.15) is 0 Å². The van der Waals surface area contributed by atoms with Crippen molar-refractivity contribution in [3.05, 3.63) is 58.1 Å². The largest absolute Gasteiger partial charge is 0.497 e. The number of methoxy groups -OCH3 is 1. The third kappa shape index (κ3) is 6.55. The van der Waals surface area contributed by atoms with Crippen molar-refractivity contribution in [3.63, 3.8) is 0 Å². The van der Waals surface area contributed by atoms with Gasteiger partial charge in [0.2, 0.25) is 0 Å². The summed E-state index contributed by atoms with van der Waals surface area (Å²) in [7, 11) is 1.69. The van der Waals surface area contributed by atoms with Crippen LogP contribution >= 0.6 is 47.2 Å². The zero-order chi connectivity index (χ0) is 20.1. The van der Waals surface area contributed by atoms with Gasteiger partial charge in [0.15, 0.2) is 5.96 Å². The molecule has 1 fully saturated rings. The second-order valence-corrected chi connectivity index (χ2v) is 7.90. The lowest BCUT2D eigenvalue weighted by molar-refractivity contribution is 0.415. The van der Waals surface area contributed by atoms with Crippen LogP contribution in [0.2, 0.25) is 10.0 Å². The maximum absolute atomic E-state index is 6.26. The van der Waals surface area contributed by atoms with E-state index >= 15 is 0 Å². The van der Waals surface area contributed by atoms with Crippen LogP contribution < -0.4 is 20.7 Å². The first kappa shape index (κ1) is 23.9. The Kier molecular flexibility index (Phi) is 9.17. The fraction of sp³-hybridized carbons (Fsp3) is 0.381. The van der Waals surface area contributed by atoms with Crippen molar-refractivity contribution in [2.24, 2.45) is 16.6 Å². The number of benzene rings is 2. The van der Waals surface area contributed by atoms with E-state index in [1.807, 2.05) is 31.2 Å². The molecule has 0 radical (unpaired) electrons. The van der Waals surface area contributed by atoms with E-state index < -0.39 is 0 Å². The quantitative estimate of drug-likeness (QED) is 0.299. The van der Waals surface area contributed by atoms with E-state index in [-0.39, 0.29) is 30.0 Å². The molecule has 29 heavy (non-hydrogen) atoms. The molecule has 2 atom stereocenters. The van der Waals surface area contributed by atoms with Crippen LogP contribution in [-0.2, 0) is 0 Å². The van der Waals surface area contributed by atoms with Gasteiger partial charge in [-0.1, -0.05) is 35.3 Å². The van der Waals surface area contributed by atoms with Crippen molar-refractivity contribution in [1.82, 2.24) is 5.32 Å². The number of nitrogens with two attached hydrogens (primary N) is 1. The van der Waals surface area contributed by atoms with E-state index in [1.165, 1.54) is 5.69 Å². The molecule has 2 aromatic carbocycles. The minimum Gasteiger partial charge on any atom is -0.497 e. The third-order valence-corrected chi connectivity index (χ3v) is 5.58. The van der Waals surface area contributed by atoms with Crippen LogP contribution in [0.15, 0.2) is 47.5 Å². The summed E-state index contributed by atoms with van der Waals surface area (Å²) in [6.07, 6.45) is 1.09. The lowest BCUT2D eigenvalue weighted by Gasteiger charge is -2.19. The molecular weight excluding hydrogens is 522 g/mol. The predicted octanol–water partition coefficient (Wildman–Crippen LogP) is 5.11. The standard InChI is InChI=1S/C21H26Cl2N4O.HI/c1-14(19-7-6-16(22)10-20(19)23)26-21(24)25-12-15-8-9-27(13-15)17-4-3-5-18(11-17)28-2;/h3-7,10-11,14-15H,8-9,12-13H2,1-2H3,(H3,24,25,26);1H. The van der Waals surface area contributed by atoms with Gasteiger partial charge in [-0.15, -0.1) is 24.0 Å². The first-order chi connectivity index (χ1) is 13.5. The smallest absolute Gasteiger partial charge is 0.189 e. The first-order valence-electron chi connectivity index (χ1n) is 9.36. The van der Waals surface area contributed by atoms with Gasteiger partial charge in [-0.25, -0.2) is 0 Å². The van der Waals surface area contributed by atoms with E-state index in [4.69, 9.17) is 33.7 Å². The number of hydrogen-bond donors (Lipinski definition) is 2. The second kappa shape index (κ2) is 11.1. The van der Waals surface area contributed by atoms with Gasteiger partial charge < -0.3 is 20.7 Å². The summed E-state index contributed by atoms with van der Waals surface area (Å²) >= 11 is 12.2. The monoisotopic (exact) mass is 548 g/mol. The van der Waals surface area contributed by atoms with Crippen molar-refractivity contribution >= 4 is 58.8 Å². The highest BCUT2D eigenvalue weighted by molar-refractivity contribution is 14.0. The second-order valence-electron chi connectivity index (χ2n) is 7.06. The highest BCUT2D eigenvalue weighted by atomic mass is 127. The van der Waals surface area contributed by atoms with Gasteiger partial charge in [-0.3, -0.25) is 4.99 Å². The maximum Gasteiger partial charge on any atom is 0.189 e. The first-order valence-corrected chi connectivity index (χ1v) is 10.1. The molecule has 0 aliphatic carbocycles. The Morgan fingerprint density at radius 1 is 1.31 bits per heavy atom. The number of guanidine groups is 1. The molecule has 3 N–H and O–H groups in total. The topological polar surface area (TPSA) is 62.9 Å². The fourth-order valence-electron chi connectivity index (χ4n) is 3.45. The molecule has 0 aromatic heterocycles. The Morgan fingerprint density at radius 2 is 2.10 bits per heavy atom. The average molecular weight is 549 g/mol. The Morgan fingerprint density at radius 3 is 2.83 bits per heavy atom. The number of nitrogens with one attached hydrogen (secondary N) is 1. The van der Waals surface area contributed by atoms with Gasteiger partial charge >= 0.3 is 0 Å². The van der Waals surface area contributed by atoms with Gasteiger partial charge in [0.25, 0.3) is 0 Å². The number of halogens is 3. The van der Waals surface area contributed by atoms with E-state index in [0.29, 0.717) is 28.5 Å². The van der Waals surface area contributed by atoms with Crippen molar-refractivity contribution in [3.8, 4) is 5.75 Å². The molecule has 2 aromatic rings. The molecule has 0 bridgehead atoms.